The van der Waals surface area contributed by atoms with Crippen LogP contribution in [0.2, 0.25) is 0 Å². The van der Waals surface area contributed by atoms with Gasteiger partial charge in [0.25, 0.3) is 5.91 Å². The van der Waals surface area contributed by atoms with Crippen molar-refractivity contribution >= 4 is 17.6 Å². The second-order valence-corrected chi connectivity index (χ2v) is 7.68. The molecule has 0 aliphatic carbocycles. The Labute approximate surface area is 165 Å². The van der Waals surface area contributed by atoms with Gasteiger partial charge in [0.15, 0.2) is 6.29 Å². The predicted molar refractivity (Wildman–Crippen MR) is 106 cm³/mol. The van der Waals surface area contributed by atoms with Gasteiger partial charge in [-0.15, -0.1) is 0 Å². The lowest BCUT2D eigenvalue weighted by atomic mass is 10.1. The number of unbranched alkanes of at least 4 members (excludes halogenated alkanes) is 2. The minimum absolute atomic E-state index is 0.161. The lowest BCUT2D eigenvalue weighted by Crippen LogP contribution is -2.65. The Balaban J connectivity index is 1.67. The van der Waals surface area contributed by atoms with Gasteiger partial charge in [0.1, 0.15) is 12.2 Å². The van der Waals surface area contributed by atoms with Crippen molar-refractivity contribution in [2.75, 3.05) is 27.2 Å². The summed E-state index contributed by atoms with van der Waals surface area (Å²) in [6, 6.07) is 9.40. The number of hydrazone groups is 1. The van der Waals surface area contributed by atoms with Crippen molar-refractivity contribution in [1.82, 2.24) is 25.0 Å². The van der Waals surface area contributed by atoms with Crippen LogP contribution in [0, 0.1) is 0 Å². The Morgan fingerprint density at radius 1 is 1.14 bits per heavy atom. The number of fused-ring (bicyclic) bond motifs is 3. The maximum Gasteiger partial charge on any atom is 0.327 e. The van der Waals surface area contributed by atoms with Crippen molar-refractivity contribution < 1.29 is 9.59 Å². The molecule has 1 aromatic carbocycles. The number of nitrogens with one attached hydrogen (secondary N) is 1. The van der Waals surface area contributed by atoms with Gasteiger partial charge in [-0.2, -0.15) is 5.10 Å². The fraction of sp³-hybridized carbons (Fsp3) is 0.550. The van der Waals surface area contributed by atoms with Crippen LogP contribution >= 0.6 is 0 Å². The van der Waals surface area contributed by atoms with Crippen LogP contribution in [0.5, 0.6) is 0 Å². The summed E-state index contributed by atoms with van der Waals surface area (Å²) in [5.41, 5.74) is 2.01. The minimum atomic E-state index is -0.416. The summed E-state index contributed by atoms with van der Waals surface area (Å²) >= 11 is 0. The van der Waals surface area contributed by atoms with Crippen LogP contribution < -0.4 is 5.32 Å². The fourth-order valence-electron chi connectivity index (χ4n) is 4.25. The molecule has 8 nitrogen and oxygen atoms in total. The van der Waals surface area contributed by atoms with Gasteiger partial charge in [0.2, 0.25) is 0 Å². The van der Waals surface area contributed by atoms with E-state index in [2.05, 4.69) is 29.3 Å². The quantitative estimate of drug-likeness (QED) is 0.775. The highest BCUT2D eigenvalue weighted by molar-refractivity contribution is 6.04. The number of carbonyl (C=O) groups is 2. The number of imide groups is 1. The van der Waals surface area contributed by atoms with Crippen LogP contribution in [0.25, 0.3) is 0 Å². The number of carbonyl (C=O) groups excluding carboxylic acids is 2. The minimum Gasteiger partial charge on any atom is -0.310 e. The van der Waals surface area contributed by atoms with E-state index in [1.54, 1.807) is 19.0 Å². The Kier molecular flexibility index (Phi) is 5.07. The zero-order valence-electron chi connectivity index (χ0n) is 16.7. The molecular formula is C20H28N6O2. The van der Waals surface area contributed by atoms with E-state index >= 15 is 0 Å². The molecule has 2 saturated heterocycles. The maximum absolute atomic E-state index is 13.0. The molecule has 2 fully saturated rings. The van der Waals surface area contributed by atoms with E-state index in [1.807, 2.05) is 23.2 Å². The summed E-state index contributed by atoms with van der Waals surface area (Å²) < 4.78 is 0. The number of urea groups is 1. The van der Waals surface area contributed by atoms with Crippen LogP contribution in [0.3, 0.4) is 0 Å². The molecule has 1 N–H and O–H groups in total. The van der Waals surface area contributed by atoms with E-state index in [0.717, 1.165) is 37.1 Å². The number of nitrogens with zero attached hydrogens (tertiary/aromatic N) is 5. The van der Waals surface area contributed by atoms with E-state index in [9.17, 15) is 9.59 Å². The molecule has 8 heteroatoms. The highest BCUT2D eigenvalue weighted by atomic mass is 16.2. The lowest BCUT2D eigenvalue weighted by molar-refractivity contribution is -0.137. The van der Waals surface area contributed by atoms with E-state index < -0.39 is 6.04 Å². The first kappa shape index (κ1) is 18.9. The van der Waals surface area contributed by atoms with Gasteiger partial charge in [-0.05, 0) is 12.0 Å². The number of benzene rings is 1. The molecule has 1 aromatic rings. The van der Waals surface area contributed by atoms with Gasteiger partial charge >= 0.3 is 6.03 Å². The molecule has 0 bridgehead atoms. The predicted octanol–water partition coefficient (Wildman–Crippen LogP) is 1.30. The smallest absolute Gasteiger partial charge is 0.310 e. The lowest BCUT2D eigenvalue weighted by Gasteiger charge is -2.41. The van der Waals surface area contributed by atoms with E-state index in [1.165, 1.54) is 4.90 Å². The third-order valence-corrected chi connectivity index (χ3v) is 5.84. The van der Waals surface area contributed by atoms with Crippen molar-refractivity contribution in [1.29, 1.82) is 0 Å². The Morgan fingerprint density at radius 3 is 2.61 bits per heavy atom. The van der Waals surface area contributed by atoms with Crippen molar-refractivity contribution in [3.8, 4) is 0 Å². The largest absolute Gasteiger partial charge is 0.327 e. The number of hydrogen-bond donors (Lipinski definition) is 1. The van der Waals surface area contributed by atoms with Crippen LogP contribution in [0.15, 0.2) is 35.4 Å². The van der Waals surface area contributed by atoms with Crippen molar-refractivity contribution in [3.05, 3.63) is 35.9 Å². The van der Waals surface area contributed by atoms with Crippen LogP contribution in [-0.2, 0) is 4.79 Å². The summed E-state index contributed by atoms with van der Waals surface area (Å²) in [5.74, 6) is -0.161. The molecule has 150 valence electrons. The van der Waals surface area contributed by atoms with Gasteiger partial charge in [-0.25, -0.2) is 9.69 Å². The molecule has 4 rings (SSSR count). The van der Waals surface area contributed by atoms with Gasteiger partial charge in [0.05, 0.1) is 5.71 Å². The second-order valence-electron chi connectivity index (χ2n) is 7.68. The molecule has 3 heterocycles. The summed E-state index contributed by atoms with van der Waals surface area (Å²) in [4.78, 5) is 30.3. The van der Waals surface area contributed by atoms with Gasteiger partial charge in [0, 0.05) is 27.2 Å². The van der Waals surface area contributed by atoms with E-state index in [0.29, 0.717) is 6.54 Å². The first-order chi connectivity index (χ1) is 13.5. The van der Waals surface area contributed by atoms with Crippen molar-refractivity contribution in [2.24, 2.45) is 5.10 Å². The second kappa shape index (κ2) is 7.52. The molecule has 3 aliphatic heterocycles. The highest BCUT2D eigenvalue weighted by Crippen LogP contribution is 2.30. The number of amides is 3. The average Bonchev–Trinajstić information content (AvgIpc) is 3.11. The number of rotatable bonds is 5. The molecule has 0 radical (unpaired) electrons. The molecule has 28 heavy (non-hydrogen) atoms. The Hall–Kier alpha value is -2.45. The summed E-state index contributed by atoms with van der Waals surface area (Å²) in [7, 11) is 3.30. The number of likely N-dealkylation sites (N-methyl/N-ethyl adjacent to an activating group) is 2. The van der Waals surface area contributed by atoms with Crippen LogP contribution in [-0.4, -0.2) is 83.0 Å². The monoisotopic (exact) mass is 384 g/mol. The molecule has 0 saturated carbocycles. The summed E-state index contributed by atoms with van der Waals surface area (Å²) in [6.07, 6.45) is 2.76. The number of hydrogen-bond acceptors (Lipinski definition) is 6. The topological polar surface area (TPSA) is 71.5 Å². The summed E-state index contributed by atoms with van der Waals surface area (Å²) in [6.45, 7) is 3.55. The molecule has 3 atom stereocenters. The third-order valence-electron chi connectivity index (χ3n) is 5.84. The van der Waals surface area contributed by atoms with Crippen LogP contribution in [0.4, 0.5) is 4.79 Å². The fourth-order valence-corrected chi connectivity index (χ4v) is 4.25. The van der Waals surface area contributed by atoms with Crippen molar-refractivity contribution in [3.63, 3.8) is 0 Å². The SMILES string of the molecule is CCCCCN1N=C(c2ccccc2)CN2C3C(=O)N(C)C(=O)N(C)C3NC12. The molecule has 3 unspecified atom stereocenters. The standard InChI is InChI=1S/C20H28N6O2/c1-4-5-9-12-26-19-21-17-16(18(27)24(3)20(28)23(17)2)25(19)13-15(22-26)14-10-7-6-8-11-14/h6-8,10-11,16-17,19,21H,4-5,9,12-13H2,1-3H3. The first-order valence-electron chi connectivity index (χ1n) is 9.98. The molecular weight excluding hydrogens is 356 g/mol. The molecule has 0 aromatic heterocycles. The Bertz CT molecular complexity index is 782. The van der Waals surface area contributed by atoms with E-state index in [-0.39, 0.29) is 24.4 Å². The maximum atomic E-state index is 13.0. The van der Waals surface area contributed by atoms with Crippen LogP contribution in [0.1, 0.15) is 31.7 Å². The zero-order valence-corrected chi connectivity index (χ0v) is 16.7. The Morgan fingerprint density at radius 2 is 1.89 bits per heavy atom. The van der Waals surface area contributed by atoms with Gasteiger partial charge in [-0.1, -0.05) is 50.1 Å². The summed E-state index contributed by atoms with van der Waals surface area (Å²) in [5, 5.41) is 10.5. The van der Waals surface area contributed by atoms with E-state index in [4.69, 9.17) is 5.10 Å². The molecule has 3 aliphatic rings. The molecule has 3 amide bonds. The molecule has 0 spiro atoms. The van der Waals surface area contributed by atoms with Crippen molar-refractivity contribution in [2.45, 2.75) is 44.7 Å². The first-order valence-corrected chi connectivity index (χ1v) is 9.98. The third kappa shape index (κ3) is 3.06. The van der Waals surface area contributed by atoms with Gasteiger partial charge in [-0.3, -0.25) is 20.0 Å². The zero-order chi connectivity index (χ0) is 19.8. The highest BCUT2D eigenvalue weighted by Gasteiger charge is 2.55. The normalized spacial score (nSPS) is 27.8. The van der Waals surface area contributed by atoms with Gasteiger partial charge < -0.3 is 4.90 Å². The average molecular weight is 384 g/mol.